The molecule has 0 aromatic carbocycles. The predicted molar refractivity (Wildman–Crippen MR) is 72.2 cm³/mol. The lowest BCUT2D eigenvalue weighted by Crippen LogP contribution is -2.38. The molecule has 0 radical (unpaired) electrons. The monoisotopic (exact) mass is 320 g/mol. The van der Waals surface area contributed by atoms with Gasteiger partial charge in [0, 0.05) is 18.0 Å². The van der Waals surface area contributed by atoms with Crippen LogP contribution in [0.4, 0.5) is 13.2 Å². The second-order valence-electron chi connectivity index (χ2n) is 4.85. The van der Waals surface area contributed by atoms with Crippen molar-refractivity contribution in [1.82, 2.24) is 10.3 Å². The number of hydrogen-bond acceptors (Lipinski definition) is 4. The third-order valence-corrected chi connectivity index (χ3v) is 4.01. The Hall–Kier alpha value is -1.28. The maximum Gasteiger partial charge on any atom is 0.417 e. The van der Waals surface area contributed by atoms with Crippen molar-refractivity contribution in [2.24, 2.45) is 0 Å². The summed E-state index contributed by atoms with van der Waals surface area (Å²) in [5.74, 6) is -0.419. The van der Waals surface area contributed by atoms with Gasteiger partial charge in [0.25, 0.3) is 0 Å². The van der Waals surface area contributed by atoms with Gasteiger partial charge in [-0.2, -0.15) is 13.2 Å². The van der Waals surface area contributed by atoms with Crippen LogP contribution in [0.1, 0.15) is 24.8 Å². The molecule has 0 spiro atoms. The van der Waals surface area contributed by atoms with Gasteiger partial charge in [-0.15, -0.1) is 11.8 Å². The zero-order chi connectivity index (χ0) is 15.5. The summed E-state index contributed by atoms with van der Waals surface area (Å²) in [6.45, 7) is 0. The van der Waals surface area contributed by atoms with E-state index in [-0.39, 0.29) is 0 Å². The van der Waals surface area contributed by atoms with Crippen molar-refractivity contribution < 1.29 is 23.1 Å². The number of rotatable bonds is 7. The van der Waals surface area contributed by atoms with Gasteiger partial charge >= 0.3 is 12.1 Å². The summed E-state index contributed by atoms with van der Waals surface area (Å²) in [4.78, 5) is 14.8. The Kier molecular flexibility index (Phi) is 5.10. The van der Waals surface area contributed by atoms with Crippen LogP contribution in [0.3, 0.4) is 0 Å². The first-order chi connectivity index (χ1) is 9.86. The fraction of sp³-hybridized carbons (Fsp3) is 0.538. The first-order valence-electron chi connectivity index (χ1n) is 6.51. The van der Waals surface area contributed by atoms with Gasteiger partial charge in [0.1, 0.15) is 6.04 Å². The number of thioether (sulfide) groups is 1. The van der Waals surface area contributed by atoms with Gasteiger partial charge in [-0.05, 0) is 31.4 Å². The minimum Gasteiger partial charge on any atom is -0.480 e. The quantitative estimate of drug-likeness (QED) is 0.757. The van der Waals surface area contributed by atoms with Crippen molar-refractivity contribution in [3.8, 4) is 0 Å². The summed E-state index contributed by atoms with van der Waals surface area (Å²) < 4.78 is 37.1. The Morgan fingerprint density at radius 2 is 2.19 bits per heavy atom. The Labute approximate surface area is 124 Å². The van der Waals surface area contributed by atoms with E-state index in [0.717, 1.165) is 25.1 Å². The molecule has 1 unspecified atom stereocenters. The molecule has 1 aliphatic rings. The van der Waals surface area contributed by atoms with E-state index in [2.05, 4.69) is 10.3 Å². The molecule has 1 atom stereocenters. The first-order valence-corrected chi connectivity index (χ1v) is 7.50. The zero-order valence-electron chi connectivity index (χ0n) is 11.1. The highest BCUT2D eigenvalue weighted by atomic mass is 32.2. The van der Waals surface area contributed by atoms with Crippen molar-refractivity contribution >= 4 is 17.7 Å². The van der Waals surface area contributed by atoms with Gasteiger partial charge < -0.3 is 10.4 Å². The number of nitrogens with zero attached hydrogens (tertiary/aromatic N) is 1. The van der Waals surface area contributed by atoms with Crippen molar-refractivity contribution in [1.29, 1.82) is 0 Å². The van der Waals surface area contributed by atoms with E-state index in [4.69, 9.17) is 5.11 Å². The minimum atomic E-state index is -4.39. The maximum atomic E-state index is 12.4. The number of aliphatic carboxylic acids is 1. The number of carbonyl (C=O) groups is 1. The molecule has 1 saturated carbocycles. The number of pyridine rings is 1. The standard InChI is InChI=1S/C13H15F3N2O2S/c14-13(15,16)8-1-4-11(17-7-8)21-6-5-10(12(19)20)18-9-2-3-9/h1,4,7,9-10,18H,2-3,5-6H2,(H,19,20). The van der Waals surface area contributed by atoms with Crippen LogP contribution < -0.4 is 5.32 Å². The van der Waals surface area contributed by atoms with Crippen LogP contribution in [0.15, 0.2) is 23.4 Å². The molecule has 4 nitrogen and oxygen atoms in total. The second kappa shape index (κ2) is 6.65. The molecule has 1 aromatic heterocycles. The summed E-state index contributed by atoms with van der Waals surface area (Å²) in [6.07, 6.45) is -1.20. The highest BCUT2D eigenvalue weighted by Crippen LogP contribution is 2.29. The van der Waals surface area contributed by atoms with E-state index < -0.39 is 23.8 Å². The SMILES string of the molecule is O=C(O)C(CCSc1ccc(C(F)(F)F)cn1)NC1CC1. The number of nitrogens with one attached hydrogen (secondary N) is 1. The number of halogens is 3. The third kappa shape index (κ3) is 5.20. The molecule has 21 heavy (non-hydrogen) atoms. The summed E-state index contributed by atoms with van der Waals surface area (Å²) in [6, 6.07) is 1.96. The third-order valence-electron chi connectivity index (χ3n) is 3.03. The van der Waals surface area contributed by atoms with Gasteiger partial charge in [0.15, 0.2) is 0 Å². The average molecular weight is 320 g/mol. The molecule has 2 N–H and O–H groups in total. The minimum absolute atomic E-state index is 0.292. The van der Waals surface area contributed by atoms with Gasteiger partial charge in [0.2, 0.25) is 0 Å². The number of carboxylic acid groups (broad SMARTS) is 1. The predicted octanol–water partition coefficient (Wildman–Crippen LogP) is 2.79. The Bertz CT molecular complexity index is 489. The van der Waals surface area contributed by atoms with Crippen LogP contribution in [0.2, 0.25) is 0 Å². The normalized spacial score (nSPS) is 16.7. The van der Waals surface area contributed by atoms with Crippen LogP contribution in [0.25, 0.3) is 0 Å². The summed E-state index contributed by atoms with van der Waals surface area (Å²) >= 11 is 1.25. The Balaban J connectivity index is 1.80. The molecule has 0 amide bonds. The molecule has 1 heterocycles. The smallest absolute Gasteiger partial charge is 0.417 e. The van der Waals surface area contributed by atoms with Gasteiger partial charge in [-0.1, -0.05) is 0 Å². The summed E-state index contributed by atoms with van der Waals surface area (Å²) in [7, 11) is 0. The van der Waals surface area contributed by atoms with Crippen LogP contribution in [0, 0.1) is 0 Å². The van der Waals surface area contributed by atoms with Crippen LogP contribution in [-0.2, 0) is 11.0 Å². The highest BCUT2D eigenvalue weighted by molar-refractivity contribution is 7.99. The van der Waals surface area contributed by atoms with Gasteiger partial charge in [0.05, 0.1) is 10.6 Å². The highest BCUT2D eigenvalue weighted by Gasteiger charge is 2.31. The lowest BCUT2D eigenvalue weighted by Gasteiger charge is -2.13. The number of aromatic nitrogens is 1. The van der Waals surface area contributed by atoms with Gasteiger partial charge in [-0.25, -0.2) is 4.98 Å². The molecule has 1 aromatic rings. The topological polar surface area (TPSA) is 62.2 Å². The van der Waals surface area contributed by atoms with E-state index in [9.17, 15) is 18.0 Å². The maximum absolute atomic E-state index is 12.4. The lowest BCUT2D eigenvalue weighted by atomic mass is 10.2. The summed E-state index contributed by atoms with van der Waals surface area (Å²) in [5, 5.41) is 12.5. The number of alkyl halides is 3. The fourth-order valence-electron chi connectivity index (χ4n) is 1.73. The van der Waals surface area contributed by atoms with Crippen LogP contribution in [-0.4, -0.2) is 33.9 Å². The van der Waals surface area contributed by atoms with E-state index in [1.807, 2.05) is 0 Å². The number of carboxylic acids is 1. The number of hydrogen-bond donors (Lipinski definition) is 2. The molecule has 8 heteroatoms. The van der Waals surface area contributed by atoms with Crippen molar-refractivity contribution in [2.45, 2.75) is 42.5 Å². The fourth-order valence-corrected chi connectivity index (χ4v) is 2.58. The van der Waals surface area contributed by atoms with E-state index in [1.54, 1.807) is 0 Å². The summed E-state index contributed by atoms with van der Waals surface area (Å²) in [5.41, 5.74) is -0.786. The van der Waals surface area contributed by atoms with Crippen molar-refractivity contribution in [3.63, 3.8) is 0 Å². The van der Waals surface area contributed by atoms with Gasteiger partial charge in [-0.3, -0.25) is 4.79 Å². The second-order valence-corrected chi connectivity index (χ2v) is 5.97. The molecule has 116 valence electrons. The lowest BCUT2D eigenvalue weighted by molar-refractivity contribution is -0.140. The molecule has 2 rings (SSSR count). The molecule has 0 saturated heterocycles. The molecule has 1 fully saturated rings. The molecular weight excluding hydrogens is 305 g/mol. The van der Waals surface area contributed by atoms with E-state index in [0.29, 0.717) is 23.2 Å². The zero-order valence-corrected chi connectivity index (χ0v) is 11.9. The Morgan fingerprint density at radius 1 is 1.48 bits per heavy atom. The largest absolute Gasteiger partial charge is 0.480 e. The van der Waals surface area contributed by atoms with Crippen LogP contribution in [0.5, 0.6) is 0 Å². The average Bonchev–Trinajstić information content (AvgIpc) is 3.21. The molecule has 0 aliphatic heterocycles. The Morgan fingerprint density at radius 3 is 2.67 bits per heavy atom. The van der Waals surface area contributed by atoms with E-state index >= 15 is 0 Å². The van der Waals surface area contributed by atoms with E-state index in [1.165, 1.54) is 17.8 Å². The molecule has 1 aliphatic carbocycles. The van der Waals surface area contributed by atoms with Crippen LogP contribution >= 0.6 is 11.8 Å². The van der Waals surface area contributed by atoms with Crippen molar-refractivity contribution in [2.75, 3.05) is 5.75 Å². The van der Waals surface area contributed by atoms with Crippen molar-refractivity contribution in [3.05, 3.63) is 23.9 Å². The molecular formula is C13H15F3N2O2S. The molecule has 0 bridgehead atoms. The first kappa shape index (κ1) is 16.1.